The van der Waals surface area contributed by atoms with E-state index in [2.05, 4.69) is 10.3 Å². The van der Waals surface area contributed by atoms with Gasteiger partial charge in [-0.2, -0.15) is 0 Å². The molecule has 1 amide bonds. The Bertz CT molecular complexity index is 433. The SMILES string of the molecule is CC(C)=CCNC(=O)c1sc(N(C)C)nc1N. The average Bonchev–Trinajstić information content (AvgIpc) is 2.59. The summed E-state index contributed by atoms with van der Waals surface area (Å²) in [5.74, 6) is 0.110. The zero-order chi connectivity index (χ0) is 13.0. The second-order valence-corrected chi connectivity index (χ2v) is 5.07. The third-order valence-corrected chi connectivity index (χ3v) is 3.24. The topological polar surface area (TPSA) is 71.2 Å². The minimum atomic E-state index is -0.175. The number of nitrogens with one attached hydrogen (secondary N) is 1. The minimum absolute atomic E-state index is 0.175. The third kappa shape index (κ3) is 3.74. The normalized spacial score (nSPS) is 9.88. The molecule has 5 nitrogen and oxygen atoms in total. The highest BCUT2D eigenvalue weighted by Crippen LogP contribution is 2.26. The predicted octanol–water partition coefficient (Wildman–Crippen LogP) is 1.49. The van der Waals surface area contributed by atoms with Gasteiger partial charge in [-0.1, -0.05) is 23.0 Å². The van der Waals surface area contributed by atoms with Crippen LogP contribution < -0.4 is 16.0 Å². The standard InChI is InChI=1S/C11H18N4OS/c1-7(2)5-6-13-10(16)8-9(12)14-11(17-8)15(3)4/h5H,6,12H2,1-4H3,(H,13,16). The van der Waals surface area contributed by atoms with Crippen molar-refractivity contribution in [2.45, 2.75) is 13.8 Å². The first-order valence-corrected chi connectivity index (χ1v) is 6.08. The van der Waals surface area contributed by atoms with Gasteiger partial charge in [0.15, 0.2) is 5.13 Å². The molecule has 0 aliphatic heterocycles. The first kappa shape index (κ1) is 13.5. The van der Waals surface area contributed by atoms with Crippen LogP contribution in [0.5, 0.6) is 0 Å². The number of nitrogens with two attached hydrogens (primary N) is 1. The number of thiazole rings is 1. The van der Waals surface area contributed by atoms with Gasteiger partial charge in [0, 0.05) is 20.6 Å². The lowest BCUT2D eigenvalue weighted by Gasteiger charge is -2.04. The highest BCUT2D eigenvalue weighted by Gasteiger charge is 2.16. The quantitative estimate of drug-likeness (QED) is 0.799. The molecule has 1 heterocycles. The molecule has 6 heteroatoms. The second-order valence-electron chi connectivity index (χ2n) is 4.10. The first-order valence-electron chi connectivity index (χ1n) is 5.27. The molecule has 0 atom stereocenters. The predicted molar refractivity (Wildman–Crippen MR) is 72.6 cm³/mol. The maximum Gasteiger partial charge on any atom is 0.265 e. The Balaban J connectivity index is 2.72. The van der Waals surface area contributed by atoms with Gasteiger partial charge in [0.05, 0.1) is 0 Å². The van der Waals surface area contributed by atoms with E-state index in [1.165, 1.54) is 11.3 Å². The van der Waals surface area contributed by atoms with Crippen LogP contribution in [0.2, 0.25) is 0 Å². The number of hydrogen-bond donors (Lipinski definition) is 2. The Kier molecular flexibility index (Phi) is 4.51. The molecule has 17 heavy (non-hydrogen) atoms. The van der Waals surface area contributed by atoms with Crippen molar-refractivity contribution in [3.8, 4) is 0 Å². The molecule has 0 aliphatic rings. The van der Waals surface area contributed by atoms with Gasteiger partial charge in [-0.15, -0.1) is 0 Å². The molecular formula is C11H18N4OS. The fourth-order valence-corrected chi connectivity index (χ4v) is 1.93. The molecular weight excluding hydrogens is 236 g/mol. The van der Waals surface area contributed by atoms with Gasteiger partial charge in [-0.3, -0.25) is 4.79 Å². The van der Waals surface area contributed by atoms with Crippen molar-refractivity contribution in [2.24, 2.45) is 0 Å². The van der Waals surface area contributed by atoms with E-state index in [4.69, 9.17) is 5.73 Å². The van der Waals surface area contributed by atoms with Crippen LogP contribution in [0, 0.1) is 0 Å². The van der Waals surface area contributed by atoms with Crippen molar-refractivity contribution >= 4 is 28.2 Å². The Hall–Kier alpha value is -1.56. The molecule has 3 N–H and O–H groups in total. The highest BCUT2D eigenvalue weighted by atomic mass is 32.1. The van der Waals surface area contributed by atoms with Crippen LogP contribution in [0.3, 0.4) is 0 Å². The van der Waals surface area contributed by atoms with E-state index in [1.807, 2.05) is 38.9 Å². The average molecular weight is 254 g/mol. The maximum atomic E-state index is 11.8. The number of anilines is 2. The number of rotatable bonds is 4. The van der Waals surface area contributed by atoms with Gasteiger partial charge in [-0.25, -0.2) is 4.98 Å². The summed E-state index contributed by atoms with van der Waals surface area (Å²) in [7, 11) is 3.73. The van der Waals surface area contributed by atoms with E-state index in [1.54, 1.807) is 0 Å². The molecule has 1 aromatic rings. The van der Waals surface area contributed by atoms with Crippen LogP contribution in [-0.4, -0.2) is 31.5 Å². The number of allylic oxidation sites excluding steroid dienone is 1. The minimum Gasteiger partial charge on any atom is -0.382 e. The summed E-state index contributed by atoms with van der Waals surface area (Å²) in [6.45, 7) is 4.48. The van der Waals surface area contributed by atoms with Gasteiger partial charge in [-0.05, 0) is 13.8 Å². The van der Waals surface area contributed by atoms with E-state index in [0.29, 0.717) is 11.4 Å². The number of carbonyl (C=O) groups is 1. The van der Waals surface area contributed by atoms with Crippen molar-refractivity contribution in [1.82, 2.24) is 10.3 Å². The molecule has 1 aromatic heterocycles. The van der Waals surface area contributed by atoms with Crippen molar-refractivity contribution in [3.05, 3.63) is 16.5 Å². The van der Waals surface area contributed by atoms with E-state index >= 15 is 0 Å². The Morgan fingerprint density at radius 2 is 2.18 bits per heavy atom. The third-order valence-electron chi connectivity index (χ3n) is 2.00. The maximum absolute atomic E-state index is 11.8. The lowest BCUT2D eigenvalue weighted by atomic mass is 10.3. The van der Waals surface area contributed by atoms with Crippen LogP contribution in [0.25, 0.3) is 0 Å². The molecule has 0 bridgehead atoms. The Morgan fingerprint density at radius 3 is 2.65 bits per heavy atom. The van der Waals surface area contributed by atoms with E-state index in [-0.39, 0.29) is 11.7 Å². The monoisotopic (exact) mass is 254 g/mol. The molecule has 94 valence electrons. The Morgan fingerprint density at radius 1 is 1.53 bits per heavy atom. The lowest BCUT2D eigenvalue weighted by molar-refractivity contribution is 0.0962. The van der Waals surface area contributed by atoms with Gasteiger partial charge in [0.1, 0.15) is 10.7 Å². The number of hydrogen-bond acceptors (Lipinski definition) is 5. The zero-order valence-corrected chi connectivity index (χ0v) is 11.4. The molecule has 0 saturated heterocycles. The summed E-state index contributed by atoms with van der Waals surface area (Å²) in [4.78, 5) is 18.2. The Labute approximate surface area is 105 Å². The summed E-state index contributed by atoms with van der Waals surface area (Å²) in [6.07, 6.45) is 1.95. The summed E-state index contributed by atoms with van der Waals surface area (Å²) in [5, 5.41) is 3.51. The molecule has 0 spiro atoms. The molecule has 0 unspecified atom stereocenters. The molecule has 1 rings (SSSR count). The highest BCUT2D eigenvalue weighted by molar-refractivity contribution is 7.18. The summed E-state index contributed by atoms with van der Waals surface area (Å²) < 4.78 is 0. The van der Waals surface area contributed by atoms with E-state index in [0.717, 1.165) is 10.7 Å². The molecule has 0 fully saturated rings. The number of nitrogen functional groups attached to an aromatic ring is 1. The molecule has 0 saturated carbocycles. The molecule has 0 aliphatic carbocycles. The van der Waals surface area contributed by atoms with Crippen LogP contribution >= 0.6 is 11.3 Å². The number of aromatic nitrogens is 1. The van der Waals surface area contributed by atoms with E-state index < -0.39 is 0 Å². The second kappa shape index (κ2) is 5.67. The summed E-state index contributed by atoms with van der Waals surface area (Å²) in [5.41, 5.74) is 6.87. The first-order chi connectivity index (χ1) is 7.91. The van der Waals surface area contributed by atoms with Crippen LogP contribution in [0.15, 0.2) is 11.6 Å². The number of nitrogens with zero attached hydrogens (tertiary/aromatic N) is 2. The van der Waals surface area contributed by atoms with Gasteiger partial charge in [0.2, 0.25) is 0 Å². The fourth-order valence-electron chi connectivity index (χ4n) is 1.10. The van der Waals surface area contributed by atoms with Crippen molar-refractivity contribution in [3.63, 3.8) is 0 Å². The lowest BCUT2D eigenvalue weighted by Crippen LogP contribution is -2.23. The van der Waals surface area contributed by atoms with Gasteiger partial charge < -0.3 is 16.0 Å². The van der Waals surface area contributed by atoms with Crippen LogP contribution in [0.1, 0.15) is 23.5 Å². The van der Waals surface area contributed by atoms with E-state index in [9.17, 15) is 4.79 Å². The van der Waals surface area contributed by atoms with Gasteiger partial charge >= 0.3 is 0 Å². The largest absolute Gasteiger partial charge is 0.382 e. The summed E-state index contributed by atoms with van der Waals surface area (Å²) in [6, 6.07) is 0. The zero-order valence-electron chi connectivity index (χ0n) is 10.6. The van der Waals surface area contributed by atoms with Crippen LogP contribution in [0.4, 0.5) is 10.9 Å². The van der Waals surface area contributed by atoms with Crippen LogP contribution in [-0.2, 0) is 0 Å². The van der Waals surface area contributed by atoms with Crippen molar-refractivity contribution in [1.29, 1.82) is 0 Å². The molecule has 0 radical (unpaired) electrons. The van der Waals surface area contributed by atoms with Crippen molar-refractivity contribution < 1.29 is 4.79 Å². The van der Waals surface area contributed by atoms with Crippen molar-refractivity contribution in [2.75, 3.05) is 31.3 Å². The number of carbonyl (C=O) groups excluding carboxylic acids is 1. The summed E-state index contributed by atoms with van der Waals surface area (Å²) >= 11 is 1.29. The smallest absolute Gasteiger partial charge is 0.265 e. The molecule has 0 aromatic carbocycles. The number of amides is 1. The fraction of sp³-hybridized carbons (Fsp3) is 0.455. The van der Waals surface area contributed by atoms with Gasteiger partial charge in [0.25, 0.3) is 5.91 Å².